The fourth-order valence-corrected chi connectivity index (χ4v) is 6.04. The number of nitrogens with two attached hydrogens (primary N) is 1. The van der Waals surface area contributed by atoms with Gasteiger partial charge in [-0.15, -0.1) is 16.9 Å². The SMILES string of the molecule is N[C@@H](C(=O)NC1C(=O)N2C(C(=O)O)=C(CSc3nnnn3CC(O)CO)CS[C@H]12)c1ccccc1. The molecule has 35 heavy (non-hydrogen) atoms. The molecule has 13 nitrogen and oxygen atoms in total. The van der Waals surface area contributed by atoms with E-state index in [2.05, 4.69) is 20.8 Å². The van der Waals surface area contributed by atoms with Crippen LogP contribution in [0.4, 0.5) is 0 Å². The maximum Gasteiger partial charge on any atom is 0.352 e. The molecule has 0 saturated carbocycles. The fourth-order valence-electron chi connectivity index (χ4n) is 3.67. The Hall–Kier alpha value is -2.98. The van der Waals surface area contributed by atoms with Gasteiger partial charge in [0.2, 0.25) is 11.1 Å². The van der Waals surface area contributed by atoms with Gasteiger partial charge in [0.05, 0.1) is 19.3 Å². The van der Waals surface area contributed by atoms with Crippen LogP contribution in [0.25, 0.3) is 0 Å². The van der Waals surface area contributed by atoms with Gasteiger partial charge in [-0.3, -0.25) is 14.5 Å². The topological polar surface area (TPSA) is 197 Å². The highest BCUT2D eigenvalue weighted by Crippen LogP contribution is 2.41. The number of aliphatic carboxylic acids is 1. The second-order valence-corrected chi connectivity index (χ2v) is 9.86. The predicted octanol–water partition coefficient (Wildman–Crippen LogP) is -1.44. The lowest BCUT2D eigenvalue weighted by Gasteiger charge is -2.49. The molecule has 2 aliphatic rings. The van der Waals surface area contributed by atoms with Crippen LogP contribution >= 0.6 is 23.5 Å². The number of aliphatic hydroxyl groups is 2. The Balaban J connectivity index is 1.44. The van der Waals surface area contributed by atoms with E-state index in [0.29, 0.717) is 22.0 Å². The molecule has 15 heteroatoms. The third kappa shape index (κ3) is 5.18. The Morgan fingerprint density at radius 3 is 2.74 bits per heavy atom. The number of amides is 2. The van der Waals surface area contributed by atoms with Crippen molar-refractivity contribution in [3.05, 3.63) is 47.2 Å². The van der Waals surface area contributed by atoms with Crippen LogP contribution in [0.5, 0.6) is 0 Å². The molecule has 0 radical (unpaired) electrons. The molecule has 1 saturated heterocycles. The number of nitrogens with one attached hydrogen (secondary N) is 1. The third-order valence-electron chi connectivity index (χ3n) is 5.46. The highest BCUT2D eigenvalue weighted by molar-refractivity contribution is 8.01. The van der Waals surface area contributed by atoms with Gasteiger partial charge < -0.3 is 26.4 Å². The molecule has 4 rings (SSSR count). The predicted molar refractivity (Wildman–Crippen MR) is 125 cm³/mol. The molecule has 2 aliphatic heterocycles. The molecule has 0 spiro atoms. The van der Waals surface area contributed by atoms with E-state index in [1.807, 2.05) is 0 Å². The zero-order chi connectivity index (χ0) is 25.1. The van der Waals surface area contributed by atoms with Crippen molar-refractivity contribution in [1.29, 1.82) is 0 Å². The number of tetrazole rings is 1. The molecule has 186 valence electrons. The molecule has 2 aromatic rings. The summed E-state index contributed by atoms with van der Waals surface area (Å²) in [6.07, 6.45) is -1.04. The second-order valence-electron chi connectivity index (χ2n) is 7.81. The number of carboxylic acid groups (broad SMARTS) is 1. The number of nitrogens with zero attached hydrogens (tertiary/aromatic N) is 5. The minimum absolute atomic E-state index is 0.0232. The summed E-state index contributed by atoms with van der Waals surface area (Å²) >= 11 is 2.49. The summed E-state index contributed by atoms with van der Waals surface area (Å²) in [6.45, 7) is -0.480. The van der Waals surface area contributed by atoms with Crippen LogP contribution in [0.3, 0.4) is 0 Å². The number of benzene rings is 1. The number of carbonyl (C=O) groups excluding carboxylic acids is 2. The Morgan fingerprint density at radius 1 is 1.31 bits per heavy atom. The average Bonchev–Trinajstić information content (AvgIpc) is 3.31. The lowest BCUT2D eigenvalue weighted by atomic mass is 10.0. The monoisotopic (exact) mass is 521 g/mol. The molecule has 0 bridgehead atoms. The first-order valence-corrected chi connectivity index (χ1v) is 12.5. The fraction of sp³-hybridized carbons (Fsp3) is 0.400. The molecule has 3 heterocycles. The largest absolute Gasteiger partial charge is 0.477 e. The van der Waals surface area contributed by atoms with Crippen molar-refractivity contribution < 1.29 is 29.7 Å². The molecule has 1 fully saturated rings. The Kier molecular flexibility index (Phi) is 7.71. The summed E-state index contributed by atoms with van der Waals surface area (Å²) in [5.41, 5.74) is 6.99. The summed E-state index contributed by atoms with van der Waals surface area (Å²) in [4.78, 5) is 38.7. The van der Waals surface area contributed by atoms with E-state index in [-0.39, 0.29) is 18.0 Å². The lowest BCUT2D eigenvalue weighted by molar-refractivity contribution is -0.150. The standard InChI is InChI=1S/C20H23N7O6S2/c21-13(10-4-2-1-3-5-10)16(30)22-14-17(31)27-15(19(32)33)11(8-34-18(14)27)9-35-20-23-24-25-26(20)6-12(29)7-28/h1-5,12-14,18,28-29H,6-9,21H2,(H,22,30)(H,32,33)/t12?,13-,14?,18-/m1/s1. The van der Waals surface area contributed by atoms with E-state index in [1.165, 1.54) is 21.3 Å². The maximum absolute atomic E-state index is 12.9. The molecule has 1 aromatic carbocycles. The second kappa shape index (κ2) is 10.7. The van der Waals surface area contributed by atoms with Gasteiger partial charge in [0.15, 0.2) is 0 Å². The van der Waals surface area contributed by atoms with E-state index in [0.717, 1.165) is 11.8 Å². The highest BCUT2D eigenvalue weighted by Gasteiger charge is 2.54. The quantitative estimate of drug-likeness (QED) is 0.181. The minimum atomic E-state index is -1.25. The molecule has 4 atom stereocenters. The summed E-state index contributed by atoms with van der Waals surface area (Å²) in [7, 11) is 0. The van der Waals surface area contributed by atoms with Crippen LogP contribution in [0.1, 0.15) is 11.6 Å². The van der Waals surface area contributed by atoms with E-state index >= 15 is 0 Å². The van der Waals surface area contributed by atoms with Crippen molar-refractivity contribution in [3.8, 4) is 0 Å². The number of fused-ring (bicyclic) bond motifs is 1. The normalized spacial score (nSPS) is 21.2. The summed E-state index contributed by atoms with van der Waals surface area (Å²) in [5, 5.41) is 42.1. The van der Waals surface area contributed by atoms with Gasteiger partial charge in [0.25, 0.3) is 5.91 Å². The smallest absolute Gasteiger partial charge is 0.352 e. The van der Waals surface area contributed by atoms with Gasteiger partial charge in [-0.05, 0) is 21.6 Å². The lowest BCUT2D eigenvalue weighted by Crippen LogP contribution is -2.71. The Labute approximate surface area is 207 Å². The van der Waals surface area contributed by atoms with Crippen LogP contribution in [-0.2, 0) is 20.9 Å². The van der Waals surface area contributed by atoms with Crippen molar-refractivity contribution in [2.45, 2.75) is 35.3 Å². The van der Waals surface area contributed by atoms with Gasteiger partial charge in [-0.1, -0.05) is 42.1 Å². The van der Waals surface area contributed by atoms with Gasteiger partial charge in [0, 0.05) is 11.5 Å². The maximum atomic E-state index is 12.9. The number of hydrogen-bond donors (Lipinski definition) is 5. The zero-order valence-electron chi connectivity index (χ0n) is 18.2. The molecule has 2 unspecified atom stereocenters. The Bertz CT molecular complexity index is 1140. The average molecular weight is 522 g/mol. The van der Waals surface area contributed by atoms with Crippen molar-refractivity contribution in [2.75, 3.05) is 18.1 Å². The van der Waals surface area contributed by atoms with Gasteiger partial charge in [0.1, 0.15) is 23.2 Å². The van der Waals surface area contributed by atoms with Crippen LogP contribution < -0.4 is 11.1 Å². The van der Waals surface area contributed by atoms with Crippen molar-refractivity contribution in [2.24, 2.45) is 5.73 Å². The van der Waals surface area contributed by atoms with Crippen LogP contribution in [0, 0.1) is 0 Å². The molecule has 6 N–H and O–H groups in total. The van der Waals surface area contributed by atoms with Gasteiger partial charge in [-0.25, -0.2) is 9.48 Å². The molecule has 2 amide bonds. The van der Waals surface area contributed by atoms with E-state index in [9.17, 15) is 24.6 Å². The first kappa shape index (κ1) is 25.1. The first-order valence-electron chi connectivity index (χ1n) is 10.5. The van der Waals surface area contributed by atoms with Gasteiger partial charge in [-0.2, -0.15) is 0 Å². The summed E-state index contributed by atoms with van der Waals surface area (Å²) in [6, 6.07) is 6.91. The van der Waals surface area contributed by atoms with Crippen LogP contribution in [0.15, 0.2) is 46.8 Å². The number of thioether (sulfide) groups is 2. The zero-order valence-corrected chi connectivity index (χ0v) is 19.9. The number of β-lactam (4-membered cyclic amide) rings is 1. The number of aliphatic hydroxyl groups excluding tert-OH is 2. The number of rotatable bonds is 10. The number of carbonyl (C=O) groups is 3. The van der Waals surface area contributed by atoms with E-state index in [4.69, 9.17) is 10.8 Å². The third-order valence-corrected chi connectivity index (χ3v) is 7.84. The minimum Gasteiger partial charge on any atom is -0.477 e. The molecular weight excluding hydrogens is 498 g/mol. The van der Waals surface area contributed by atoms with Crippen molar-refractivity contribution >= 4 is 41.3 Å². The summed E-state index contributed by atoms with van der Waals surface area (Å²) < 4.78 is 1.31. The van der Waals surface area contributed by atoms with Crippen LogP contribution in [-0.4, -0.2) is 93.8 Å². The molecule has 1 aromatic heterocycles. The number of carboxylic acids is 1. The molecule has 0 aliphatic carbocycles. The van der Waals surface area contributed by atoms with Crippen molar-refractivity contribution in [1.82, 2.24) is 30.4 Å². The molecular formula is C20H23N7O6S2. The number of hydrogen-bond acceptors (Lipinski definition) is 11. The van der Waals surface area contributed by atoms with Gasteiger partial charge >= 0.3 is 5.97 Å². The summed E-state index contributed by atoms with van der Waals surface area (Å²) in [5.74, 6) is -1.78. The van der Waals surface area contributed by atoms with Crippen LogP contribution in [0.2, 0.25) is 0 Å². The number of aromatic nitrogens is 4. The highest BCUT2D eigenvalue weighted by atomic mass is 32.2. The Morgan fingerprint density at radius 2 is 2.06 bits per heavy atom. The van der Waals surface area contributed by atoms with E-state index < -0.39 is 48.0 Å². The van der Waals surface area contributed by atoms with E-state index in [1.54, 1.807) is 30.3 Å². The van der Waals surface area contributed by atoms with Crippen molar-refractivity contribution in [3.63, 3.8) is 0 Å². The first-order chi connectivity index (χ1) is 16.8.